The van der Waals surface area contributed by atoms with Crippen molar-refractivity contribution in [2.24, 2.45) is 0 Å². The quantitative estimate of drug-likeness (QED) is 0.770. The molecule has 6 heteroatoms. The Morgan fingerprint density at radius 3 is 2.17 bits per heavy atom. The lowest BCUT2D eigenvalue weighted by Crippen LogP contribution is -2.18. The SMILES string of the molecule is O=C(Cl)c1cc2ccccc2cc1OC(F)(F)F. The molecule has 0 saturated carbocycles. The fourth-order valence-electron chi connectivity index (χ4n) is 1.58. The molecule has 2 aromatic rings. The molecule has 0 amide bonds. The van der Waals surface area contributed by atoms with Crippen molar-refractivity contribution in [2.45, 2.75) is 6.36 Å². The minimum atomic E-state index is -4.87. The first-order valence-corrected chi connectivity index (χ1v) is 5.23. The van der Waals surface area contributed by atoms with Gasteiger partial charge in [-0.2, -0.15) is 0 Å². The van der Waals surface area contributed by atoms with Gasteiger partial charge in [-0.1, -0.05) is 24.3 Å². The normalized spacial score (nSPS) is 11.6. The fourth-order valence-corrected chi connectivity index (χ4v) is 1.73. The van der Waals surface area contributed by atoms with E-state index >= 15 is 0 Å². The van der Waals surface area contributed by atoms with Crippen molar-refractivity contribution >= 4 is 27.6 Å². The van der Waals surface area contributed by atoms with Gasteiger partial charge in [0.25, 0.3) is 5.24 Å². The van der Waals surface area contributed by atoms with Gasteiger partial charge >= 0.3 is 6.36 Å². The van der Waals surface area contributed by atoms with Crippen LogP contribution in [0.5, 0.6) is 5.75 Å². The summed E-state index contributed by atoms with van der Waals surface area (Å²) in [6.45, 7) is 0. The Morgan fingerprint density at radius 2 is 1.67 bits per heavy atom. The Bertz CT molecular complexity index is 608. The molecule has 0 heterocycles. The van der Waals surface area contributed by atoms with Crippen LogP contribution in [0, 0.1) is 0 Å². The number of carbonyl (C=O) groups is 1. The topological polar surface area (TPSA) is 26.3 Å². The number of fused-ring (bicyclic) bond motifs is 1. The van der Waals surface area contributed by atoms with Crippen LogP contribution in [-0.2, 0) is 0 Å². The molecule has 18 heavy (non-hydrogen) atoms. The summed E-state index contributed by atoms with van der Waals surface area (Å²) in [5.74, 6) is -0.596. The van der Waals surface area contributed by atoms with Crippen LogP contribution >= 0.6 is 11.6 Å². The van der Waals surface area contributed by atoms with Crippen molar-refractivity contribution in [1.29, 1.82) is 0 Å². The zero-order chi connectivity index (χ0) is 13.3. The first-order valence-electron chi connectivity index (χ1n) is 4.85. The van der Waals surface area contributed by atoms with Crippen LogP contribution in [0.15, 0.2) is 36.4 Å². The third-order valence-corrected chi connectivity index (χ3v) is 2.49. The number of benzene rings is 2. The molecule has 2 nitrogen and oxygen atoms in total. The average molecular weight is 275 g/mol. The lowest BCUT2D eigenvalue weighted by Gasteiger charge is -2.12. The van der Waals surface area contributed by atoms with Crippen LogP contribution in [0.3, 0.4) is 0 Å². The number of halogens is 4. The van der Waals surface area contributed by atoms with Crippen molar-refractivity contribution in [3.63, 3.8) is 0 Å². The second-order valence-electron chi connectivity index (χ2n) is 3.52. The van der Waals surface area contributed by atoms with E-state index < -0.39 is 17.4 Å². The minimum Gasteiger partial charge on any atom is -0.405 e. The van der Waals surface area contributed by atoms with Gasteiger partial charge in [0.2, 0.25) is 0 Å². The third kappa shape index (κ3) is 2.73. The predicted octanol–water partition coefficient (Wildman–Crippen LogP) is 4.12. The van der Waals surface area contributed by atoms with Crippen LogP contribution in [0.25, 0.3) is 10.8 Å². The minimum absolute atomic E-state index is 0.312. The number of ether oxygens (including phenoxy) is 1. The van der Waals surface area contributed by atoms with E-state index in [0.717, 1.165) is 6.07 Å². The van der Waals surface area contributed by atoms with Crippen LogP contribution in [-0.4, -0.2) is 11.6 Å². The van der Waals surface area contributed by atoms with Gasteiger partial charge in [-0.15, -0.1) is 13.2 Å². The van der Waals surface area contributed by atoms with Gasteiger partial charge in [0, 0.05) is 0 Å². The van der Waals surface area contributed by atoms with E-state index in [1.54, 1.807) is 24.3 Å². The smallest absolute Gasteiger partial charge is 0.405 e. The fraction of sp³-hybridized carbons (Fsp3) is 0.0833. The Labute approximate surface area is 105 Å². The highest BCUT2D eigenvalue weighted by molar-refractivity contribution is 6.68. The Kier molecular flexibility index (Phi) is 3.17. The molecular weight excluding hydrogens is 269 g/mol. The molecule has 0 bridgehead atoms. The number of hydrogen-bond donors (Lipinski definition) is 0. The predicted molar refractivity (Wildman–Crippen MR) is 60.8 cm³/mol. The highest BCUT2D eigenvalue weighted by Crippen LogP contribution is 2.31. The monoisotopic (exact) mass is 274 g/mol. The van der Waals surface area contributed by atoms with E-state index in [1.807, 2.05) is 0 Å². The lowest BCUT2D eigenvalue weighted by molar-refractivity contribution is -0.274. The summed E-state index contributed by atoms with van der Waals surface area (Å²) in [5.41, 5.74) is -0.312. The first kappa shape index (κ1) is 12.7. The summed E-state index contributed by atoms with van der Waals surface area (Å²) in [4.78, 5) is 11.1. The standard InChI is InChI=1S/C12H6ClF3O2/c13-11(17)9-5-7-3-1-2-4-8(7)6-10(9)18-12(14,15)16/h1-6H. The summed E-state index contributed by atoms with van der Waals surface area (Å²) in [5, 5.41) is 0.134. The molecule has 0 spiro atoms. The van der Waals surface area contributed by atoms with Crippen LogP contribution in [0.2, 0.25) is 0 Å². The van der Waals surface area contributed by atoms with Crippen molar-refractivity contribution < 1.29 is 22.7 Å². The zero-order valence-electron chi connectivity index (χ0n) is 8.79. The summed E-state index contributed by atoms with van der Waals surface area (Å²) in [7, 11) is 0. The number of hydrogen-bond acceptors (Lipinski definition) is 2. The molecule has 0 aliphatic carbocycles. The van der Waals surface area contributed by atoms with Crippen molar-refractivity contribution in [3.8, 4) is 5.75 Å². The van der Waals surface area contributed by atoms with Gasteiger partial charge in [-0.3, -0.25) is 4.79 Å². The second-order valence-corrected chi connectivity index (χ2v) is 3.86. The maximum atomic E-state index is 12.2. The number of rotatable bonds is 2. The molecule has 94 valence electrons. The van der Waals surface area contributed by atoms with E-state index in [2.05, 4.69) is 4.74 Å². The molecule has 0 aliphatic rings. The van der Waals surface area contributed by atoms with E-state index in [4.69, 9.17) is 11.6 Å². The summed E-state index contributed by atoms with van der Waals surface area (Å²) in [6.07, 6.45) is -4.87. The first-order chi connectivity index (χ1) is 8.37. The highest BCUT2D eigenvalue weighted by atomic mass is 35.5. The van der Waals surface area contributed by atoms with Crippen molar-refractivity contribution in [3.05, 3.63) is 42.0 Å². The lowest BCUT2D eigenvalue weighted by atomic mass is 10.1. The number of carbonyl (C=O) groups excluding carboxylic acids is 1. The molecule has 0 aliphatic heterocycles. The Hall–Kier alpha value is -1.75. The maximum Gasteiger partial charge on any atom is 0.573 e. The molecule has 2 aromatic carbocycles. The van der Waals surface area contributed by atoms with E-state index in [0.29, 0.717) is 10.8 Å². The van der Waals surface area contributed by atoms with Gasteiger partial charge in [0.15, 0.2) is 0 Å². The van der Waals surface area contributed by atoms with Gasteiger partial charge in [-0.25, -0.2) is 0 Å². The molecule has 0 saturated heterocycles. The molecule has 0 N–H and O–H groups in total. The average Bonchev–Trinajstić information content (AvgIpc) is 2.25. The van der Waals surface area contributed by atoms with E-state index in [-0.39, 0.29) is 5.56 Å². The molecule has 0 unspecified atom stereocenters. The highest BCUT2D eigenvalue weighted by Gasteiger charge is 2.33. The van der Waals surface area contributed by atoms with Crippen molar-refractivity contribution in [1.82, 2.24) is 0 Å². The molecule has 0 fully saturated rings. The van der Waals surface area contributed by atoms with Gasteiger partial charge in [0.1, 0.15) is 5.75 Å². The Morgan fingerprint density at radius 1 is 1.11 bits per heavy atom. The zero-order valence-corrected chi connectivity index (χ0v) is 9.55. The maximum absolute atomic E-state index is 12.2. The molecule has 0 atom stereocenters. The largest absolute Gasteiger partial charge is 0.573 e. The summed E-state index contributed by atoms with van der Waals surface area (Å²) >= 11 is 5.25. The summed E-state index contributed by atoms with van der Waals surface area (Å²) in [6, 6.07) is 9.05. The van der Waals surface area contributed by atoms with E-state index in [1.165, 1.54) is 6.07 Å². The van der Waals surface area contributed by atoms with Crippen molar-refractivity contribution in [2.75, 3.05) is 0 Å². The Balaban J connectivity index is 2.61. The van der Waals surface area contributed by atoms with Gasteiger partial charge < -0.3 is 4.74 Å². The van der Waals surface area contributed by atoms with Gasteiger partial charge in [0.05, 0.1) is 5.56 Å². The second kappa shape index (κ2) is 4.49. The number of alkyl halides is 3. The molecular formula is C12H6ClF3O2. The molecule has 2 rings (SSSR count). The molecule has 0 aromatic heterocycles. The van der Waals surface area contributed by atoms with Gasteiger partial charge in [-0.05, 0) is 34.5 Å². The van der Waals surface area contributed by atoms with Crippen LogP contribution in [0.1, 0.15) is 10.4 Å². The summed E-state index contributed by atoms with van der Waals surface area (Å²) < 4.78 is 40.4. The van der Waals surface area contributed by atoms with E-state index in [9.17, 15) is 18.0 Å². The third-order valence-electron chi connectivity index (χ3n) is 2.29. The van der Waals surface area contributed by atoms with Crippen LogP contribution in [0.4, 0.5) is 13.2 Å². The van der Waals surface area contributed by atoms with Crippen LogP contribution < -0.4 is 4.74 Å². The molecule has 0 radical (unpaired) electrons.